The number of aliphatic hydroxyl groups is 1. The number of fused-ring (bicyclic) bond motifs is 1. The van der Waals surface area contributed by atoms with E-state index in [1.165, 1.54) is 212 Å². The maximum atomic E-state index is 11.5. The molecule has 1 aromatic heterocycles. The molecular weight excluding hydrogens is 1260 g/mol. The molecule has 0 aliphatic carbocycles. The first-order valence-electron chi connectivity index (χ1n) is 39.2. The Labute approximate surface area is 614 Å². The number of unbranched alkanes of at least 4 members (excludes halogenated alkanes) is 17. The lowest BCUT2D eigenvalue weighted by atomic mass is 9.93. The van der Waals surface area contributed by atoms with E-state index in [-0.39, 0.29) is 49.9 Å². The molecule has 1 aliphatic heterocycles. The second kappa shape index (κ2) is 59.0. The van der Waals surface area contributed by atoms with Gasteiger partial charge in [-0.3, -0.25) is 19.3 Å². The van der Waals surface area contributed by atoms with Crippen LogP contribution in [0.3, 0.4) is 0 Å². The van der Waals surface area contributed by atoms with Gasteiger partial charge < -0.3 is 49.5 Å². The number of nitrogens with one attached hydrogen (secondary N) is 1. The third-order valence-corrected chi connectivity index (χ3v) is 17.3. The van der Waals surface area contributed by atoms with Gasteiger partial charge in [0.2, 0.25) is 0 Å². The Kier molecular flexibility index (Phi) is 54.0. The van der Waals surface area contributed by atoms with Crippen LogP contribution >= 0.6 is 0 Å². The van der Waals surface area contributed by atoms with Crippen LogP contribution in [-0.4, -0.2) is 151 Å². The summed E-state index contributed by atoms with van der Waals surface area (Å²) in [5.41, 5.74) is 13.8. The molecule has 1 saturated heterocycles. The summed E-state index contributed by atoms with van der Waals surface area (Å²) in [6.45, 7) is 39.5. The average molecular weight is 1410 g/mol. The highest BCUT2D eigenvalue weighted by molar-refractivity contribution is 5.79. The number of benzene rings is 4. The van der Waals surface area contributed by atoms with Crippen LogP contribution in [0, 0.1) is 0 Å². The molecule has 2 heterocycles. The molecule has 1 amide bonds. The van der Waals surface area contributed by atoms with Crippen molar-refractivity contribution in [3.63, 3.8) is 0 Å². The summed E-state index contributed by atoms with van der Waals surface area (Å²) < 4.78 is 19.7. The highest BCUT2D eigenvalue weighted by atomic mass is 16.6. The molecule has 4 aromatic carbocycles. The van der Waals surface area contributed by atoms with Crippen LogP contribution in [0.2, 0.25) is 0 Å². The summed E-state index contributed by atoms with van der Waals surface area (Å²) in [6, 6.07) is 35.3. The Morgan fingerprint density at radius 1 is 0.505 bits per heavy atom. The van der Waals surface area contributed by atoms with Crippen LogP contribution < -0.4 is 10.6 Å². The van der Waals surface area contributed by atoms with E-state index in [4.69, 9.17) is 24.7 Å². The highest BCUT2D eigenvalue weighted by Crippen LogP contribution is 2.29. The van der Waals surface area contributed by atoms with Crippen molar-refractivity contribution < 1.29 is 43.2 Å². The fourth-order valence-corrected chi connectivity index (χ4v) is 11.3. The first-order chi connectivity index (χ1) is 48.5. The van der Waals surface area contributed by atoms with Crippen molar-refractivity contribution in [2.24, 2.45) is 0 Å². The molecule has 572 valence electrons. The van der Waals surface area contributed by atoms with Crippen molar-refractivity contribution in [2.75, 3.05) is 95.9 Å². The minimum atomic E-state index is -0.437. The maximum Gasteiger partial charge on any atom is 0.410 e. The molecule has 0 saturated carbocycles. The molecule has 0 radical (unpaired) electrons. The standard InChI is InChI=1S/C24H51N.C14H23N.C13H10N2.C12H21NO6.C12H19N.C10H19NO3/c1-4-7-10-13-16-19-22-25(23-20-17-14-11-8-5-2)24-21-18-15-12-9-6-3;1-3-5-12-15(13-6-4-2)14-10-8-7-9-11-14;1-2-6-10(7-3-1)13-14-11-8-4-5-9-12(11)15-13;1-10(14)17-7-4-13(5-8-18-11(2)15)6-9-19-12(3)16;1-8(2)10-6-5-7-11(9(3)4)12(10)13;1-10(2,3)14-9(13)11-6-4-8(12)5-7-11/h4-24H2,1-3H3;7-11H,3-6,12-13H2,1-2H3;1-9H,(H,14,15);4-9H2,1-3H3;5-9H,13H2,1-4H3;8,12H,4-7H2,1-3H3. The van der Waals surface area contributed by atoms with E-state index in [9.17, 15) is 24.3 Å². The SMILES string of the molecule is CC(=O)OCCN(CCOC(C)=O)CCOC(C)=O.CC(C)(C)OC(=O)N1CCC(O)CC1.CC(C)c1cccc(C(C)C)c1N.CCCCCCCCN(CCCCCCCC)CCCCCCCC.CCCCN(CCCC)c1ccccc1.c1ccc(-c2nc3ccccc3[nH]2)cc1. The molecule has 1 aliphatic rings. The second-order valence-electron chi connectivity index (χ2n) is 28.4. The monoisotopic (exact) mass is 1410 g/mol. The number of aliphatic hydroxyl groups excluding tert-OH is 1. The number of rotatable bonds is 40. The average Bonchev–Trinajstić information content (AvgIpc) is 1.76. The fraction of sp³-hybridized carbons (Fsp3) is 0.659. The van der Waals surface area contributed by atoms with Gasteiger partial charge in [0.25, 0.3) is 0 Å². The zero-order chi connectivity index (χ0) is 74.9. The van der Waals surface area contributed by atoms with Crippen molar-refractivity contribution in [3.05, 3.63) is 114 Å². The van der Waals surface area contributed by atoms with E-state index in [0.717, 1.165) is 28.1 Å². The molecule has 16 nitrogen and oxygen atoms in total. The molecule has 5 aromatic rings. The van der Waals surface area contributed by atoms with Crippen molar-refractivity contribution in [2.45, 2.75) is 281 Å². The second-order valence-corrected chi connectivity index (χ2v) is 28.4. The molecule has 4 N–H and O–H groups in total. The Morgan fingerprint density at radius 3 is 1.27 bits per heavy atom. The summed E-state index contributed by atoms with van der Waals surface area (Å²) >= 11 is 0. The number of imidazole rings is 1. The zero-order valence-electron chi connectivity index (χ0n) is 66.2. The molecule has 101 heavy (non-hydrogen) atoms. The number of carbonyl (C=O) groups is 4. The number of anilines is 2. The van der Waals surface area contributed by atoms with Gasteiger partial charge in [-0.2, -0.15) is 0 Å². The van der Waals surface area contributed by atoms with Gasteiger partial charge >= 0.3 is 24.0 Å². The van der Waals surface area contributed by atoms with Crippen LogP contribution in [0.4, 0.5) is 16.2 Å². The Morgan fingerprint density at radius 2 is 0.881 bits per heavy atom. The Hall–Kier alpha value is -6.49. The third-order valence-electron chi connectivity index (χ3n) is 17.3. The van der Waals surface area contributed by atoms with Gasteiger partial charge in [0, 0.05) is 83.5 Å². The molecule has 1 fully saturated rings. The van der Waals surface area contributed by atoms with E-state index >= 15 is 0 Å². The summed E-state index contributed by atoms with van der Waals surface area (Å²) in [5.74, 6) is 0.911. The number of ether oxygens (including phenoxy) is 4. The number of aromatic nitrogens is 2. The Bertz CT molecular complexity index is 2660. The van der Waals surface area contributed by atoms with Gasteiger partial charge in [-0.05, 0) is 133 Å². The van der Waals surface area contributed by atoms with Crippen molar-refractivity contribution in [3.8, 4) is 11.4 Å². The molecule has 0 bridgehead atoms. The number of amides is 1. The molecule has 0 atom stereocenters. The number of nitrogens with two attached hydrogens (primary N) is 1. The number of nitrogen functional groups attached to an aromatic ring is 1. The van der Waals surface area contributed by atoms with E-state index < -0.39 is 5.60 Å². The van der Waals surface area contributed by atoms with Crippen molar-refractivity contribution in [1.29, 1.82) is 0 Å². The van der Waals surface area contributed by atoms with Crippen molar-refractivity contribution >= 4 is 46.4 Å². The van der Waals surface area contributed by atoms with Gasteiger partial charge in [-0.25, -0.2) is 9.78 Å². The van der Waals surface area contributed by atoms with E-state index in [1.54, 1.807) is 4.90 Å². The highest BCUT2D eigenvalue weighted by Gasteiger charge is 2.26. The van der Waals surface area contributed by atoms with Crippen LogP contribution in [-0.2, 0) is 33.3 Å². The minimum Gasteiger partial charge on any atom is -0.465 e. The summed E-state index contributed by atoms with van der Waals surface area (Å²) in [6.07, 6.45) is 31.6. The van der Waals surface area contributed by atoms with Gasteiger partial charge in [0.1, 0.15) is 31.2 Å². The minimum absolute atomic E-state index is 0.246. The van der Waals surface area contributed by atoms with E-state index in [2.05, 4.69) is 143 Å². The predicted octanol–water partition coefficient (Wildman–Crippen LogP) is 20.6. The van der Waals surface area contributed by atoms with E-state index in [1.807, 2.05) is 68.1 Å². The van der Waals surface area contributed by atoms with Crippen LogP contribution in [0.25, 0.3) is 22.4 Å². The van der Waals surface area contributed by atoms with Gasteiger partial charge in [-0.15, -0.1) is 0 Å². The number of likely N-dealkylation sites (tertiary alicyclic amines) is 1. The van der Waals surface area contributed by atoms with Crippen LogP contribution in [0.15, 0.2) is 103 Å². The van der Waals surface area contributed by atoms with Gasteiger partial charge in [-0.1, -0.05) is 250 Å². The number of hydrogen-bond donors (Lipinski definition) is 3. The summed E-state index contributed by atoms with van der Waals surface area (Å²) in [7, 11) is 0. The van der Waals surface area contributed by atoms with Crippen LogP contribution in [0.1, 0.15) is 281 Å². The topological polar surface area (TPSA) is 193 Å². The maximum absolute atomic E-state index is 11.5. The fourth-order valence-electron chi connectivity index (χ4n) is 11.3. The number of aromatic amines is 1. The number of hydrogen-bond acceptors (Lipinski definition) is 14. The summed E-state index contributed by atoms with van der Waals surface area (Å²) in [5, 5.41) is 9.26. The lowest BCUT2D eigenvalue weighted by molar-refractivity contribution is -0.142. The third kappa shape index (κ3) is 48.2. The number of para-hydroxylation sites is 4. The smallest absolute Gasteiger partial charge is 0.410 e. The first-order valence-corrected chi connectivity index (χ1v) is 39.2. The zero-order valence-corrected chi connectivity index (χ0v) is 66.2. The molecular formula is C85H143N7O9. The van der Waals surface area contributed by atoms with E-state index in [0.29, 0.717) is 57.4 Å². The molecule has 6 rings (SSSR count). The molecule has 0 unspecified atom stereocenters. The lowest BCUT2D eigenvalue weighted by Gasteiger charge is -2.31. The number of esters is 3. The number of piperidine rings is 1. The first kappa shape index (κ1) is 92.5. The Balaban J connectivity index is 0.000000614. The molecule has 0 spiro atoms. The quantitative estimate of drug-likeness (QED) is 0.0145. The normalized spacial score (nSPS) is 12.0. The predicted molar refractivity (Wildman–Crippen MR) is 425 cm³/mol. The van der Waals surface area contributed by atoms with Gasteiger partial charge in [0.15, 0.2) is 0 Å². The number of nitrogens with zero attached hydrogens (tertiary/aromatic N) is 5. The largest absolute Gasteiger partial charge is 0.465 e. The van der Waals surface area contributed by atoms with Gasteiger partial charge in [0.05, 0.1) is 17.1 Å². The summed E-state index contributed by atoms with van der Waals surface area (Å²) in [4.78, 5) is 60.2. The number of H-pyrrole nitrogens is 1. The lowest BCUT2D eigenvalue weighted by Crippen LogP contribution is -2.42. The number of carbonyl (C=O) groups excluding carboxylic acids is 4. The molecule has 16 heteroatoms. The van der Waals surface area contributed by atoms with Crippen molar-refractivity contribution in [1.82, 2.24) is 24.7 Å². The van der Waals surface area contributed by atoms with Crippen LogP contribution in [0.5, 0.6) is 0 Å².